The Balaban J connectivity index is 2.64. The highest BCUT2D eigenvalue weighted by atomic mass is 16.7. The molecule has 0 amide bonds. The van der Waals surface area contributed by atoms with Crippen molar-refractivity contribution in [2.24, 2.45) is 0 Å². The molecule has 3 nitrogen and oxygen atoms in total. The number of phenols is 1. The van der Waals surface area contributed by atoms with E-state index in [9.17, 15) is 5.11 Å². The van der Waals surface area contributed by atoms with Gasteiger partial charge in [-0.05, 0) is 18.9 Å². The van der Waals surface area contributed by atoms with Crippen molar-refractivity contribution < 1.29 is 14.6 Å². The van der Waals surface area contributed by atoms with Gasteiger partial charge in [0.2, 0.25) is 6.79 Å². The summed E-state index contributed by atoms with van der Waals surface area (Å²) in [5, 5.41) is 9.68. The van der Waals surface area contributed by atoms with Gasteiger partial charge in [0, 0.05) is 11.1 Å². The van der Waals surface area contributed by atoms with Crippen LogP contribution in [0.4, 0.5) is 0 Å². The molecular weight excluding hydrogens is 180 g/mol. The maximum Gasteiger partial charge on any atom is 0.231 e. The van der Waals surface area contributed by atoms with Crippen LogP contribution in [0, 0.1) is 6.92 Å². The van der Waals surface area contributed by atoms with E-state index in [1.165, 1.54) is 0 Å². The Kier molecular flexibility index (Phi) is 2.02. The molecule has 1 aliphatic rings. The standard InChI is InChI=1S/C11H14O3/c1-6(2)8-4-9(12)7(3)10-11(8)14-5-13-10/h4,6,12H,5H2,1-3H3. The fourth-order valence-electron chi connectivity index (χ4n) is 1.64. The second kappa shape index (κ2) is 3.08. The van der Waals surface area contributed by atoms with Gasteiger partial charge in [-0.15, -0.1) is 0 Å². The number of phenolic OH excluding ortho intramolecular Hbond substituents is 1. The van der Waals surface area contributed by atoms with Crippen LogP contribution in [0.25, 0.3) is 0 Å². The molecule has 1 aromatic carbocycles. The first-order chi connectivity index (χ1) is 6.61. The highest BCUT2D eigenvalue weighted by Crippen LogP contribution is 2.45. The Morgan fingerprint density at radius 1 is 1.29 bits per heavy atom. The Morgan fingerprint density at radius 2 is 1.93 bits per heavy atom. The van der Waals surface area contributed by atoms with Gasteiger partial charge >= 0.3 is 0 Å². The summed E-state index contributed by atoms with van der Waals surface area (Å²) in [6, 6.07) is 1.76. The monoisotopic (exact) mass is 194 g/mol. The second-order valence-electron chi connectivity index (χ2n) is 3.83. The van der Waals surface area contributed by atoms with Gasteiger partial charge < -0.3 is 14.6 Å². The van der Waals surface area contributed by atoms with E-state index in [0.717, 1.165) is 16.9 Å². The summed E-state index contributed by atoms with van der Waals surface area (Å²) in [5.74, 6) is 2.07. The molecule has 0 spiro atoms. The molecule has 0 saturated carbocycles. The molecule has 3 heteroatoms. The van der Waals surface area contributed by atoms with Gasteiger partial charge in [-0.25, -0.2) is 0 Å². The molecule has 0 aromatic heterocycles. The van der Waals surface area contributed by atoms with Crippen LogP contribution in [-0.2, 0) is 0 Å². The fourth-order valence-corrected chi connectivity index (χ4v) is 1.64. The van der Waals surface area contributed by atoms with Crippen molar-refractivity contribution in [2.75, 3.05) is 6.79 Å². The molecule has 1 aromatic rings. The Bertz CT molecular complexity index is 369. The molecule has 1 heterocycles. The predicted octanol–water partition coefficient (Wildman–Crippen LogP) is 2.55. The van der Waals surface area contributed by atoms with Crippen LogP contribution in [0.3, 0.4) is 0 Å². The van der Waals surface area contributed by atoms with Crippen molar-refractivity contribution in [3.05, 3.63) is 17.2 Å². The first kappa shape index (κ1) is 9.19. The number of fused-ring (bicyclic) bond motifs is 1. The van der Waals surface area contributed by atoms with E-state index in [1.807, 2.05) is 6.92 Å². The van der Waals surface area contributed by atoms with Crippen LogP contribution in [0.15, 0.2) is 6.07 Å². The van der Waals surface area contributed by atoms with Crippen molar-refractivity contribution in [1.29, 1.82) is 0 Å². The number of hydrogen-bond acceptors (Lipinski definition) is 3. The summed E-state index contributed by atoms with van der Waals surface area (Å²) in [7, 11) is 0. The number of hydrogen-bond donors (Lipinski definition) is 1. The van der Waals surface area contributed by atoms with Gasteiger partial charge in [0.1, 0.15) is 5.75 Å². The van der Waals surface area contributed by atoms with Crippen molar-refractivity contribution >= 4 is 0 Å². The maximum atomic E-state index is 9.68. The zero-order valence-corrected chi connectivity index (χ0v) is 8.63. The molecule has 1 N–H and O–H groups in total. The molecule has 0 atom stereocenters. The second-order valence-corrected chi connectivity index (χ2v) is 3.83. The van der Waals surface area contributed by atoms with E-state index in [4.69, 9.17) is 9.47 Å². The number of benzene rings is 1. The average molecular weight is 194 g/mol. The van der Waals surface area contributed by atoms with E-state index in [0.29, 0.717) is 11.7 Å². The zero-order chi connectivity index (χ0) is 10.3. The minimum Gasteiger partial charge on any atom is -0.508 e. The summed E-state index contributed by atoms with van der Waals surface area (Å²) in [4.78, 5) is 0. The maximum absolute atomic E-state index is 9.68. The fraction of sp³-hybridized carbons (Fsp3) is 0.455. The third-order valence-electron chi connectivity index (χ3n) is 2.51. The highest BCUT2D eigenvalue weighted by molar-refractivity contribution is 5.59. The van der Waals surface area contributed by atoms with Crippen molar-refractivity contribution in [1.82, 2.24) is 0 Å². The molecule has 0 bridgehead atoms. The summed E-state index contributed by atoms with van der Waals surface area (Å²) < 4.78 is 10.7. The van der Waals surface area contributed by atoms with E-state index in [-0.39, 0.29) is 12.5 Å². The third kappa shape index (κ3) is 1.20. The van der Waals surface area contributed by atoms with E-state index in [1.54, 1.807) is 6.07 Å². The zero-order valence-electron chi connectivity index (χ0n) is 8.63. The largest absolute Gasteiger partial charge is 0.508 e. The number of aromatic hydroxyl groups is 1. The molecule has 2 rings (SSSR count). The SMILES string of the molecule is Cc1c(O)cc(C(C)C)c2c1OCO2. The molecule has 0 saturated heterocycles. The van der Waals surface area contributed by atoms with Crippen molar-refractivity contribution in [3.63, 3.8) is 0 Å². The highest BCUT2D eigenvalue weighted by Gasteiger charge is 2.24. The molecule has 0 radical (unpaired) electrons. The smallest absolute Gasteiger partial charge is 0.231 e. The first-order valence-electron chi connectivity index (χ1n) is 4.73. The van der Waals surface area contributed by atoms with Gasteiger partial charge in [0.25, 0.3) is 0 Å². The van der Waals surface area contributed by atoms with Crippen LogP contribution < -0.4 is 9.47 Å². The quantitative estimate of drug-likeness (QED) is 0.746. The molecular formula is C11H14O3. The summed E-state index contributed by atoms with van der Waals surface area (Å²) >= 11 is 0. The predicted molar refractivity (Wildman–Crippen MR) is 53.1 cm³/mol. The Labute approximate surface area is 83.3 Å². The lowest BCUT2D eigenvalue weighted by molar-refractivity contribution is 0.172. The normalized spacial score (nSPS) is 13.7. The summed E-state index contributed by atoms with van der Waals surface area (Å²) in [5.41, 5.74) is 1.75. The van der Waals surface area contributed by atoms with Gasteiger partial charge in [-0.1, -0.05) is 13.8 Å². The van der Waals surface area contributed by atoms with Gasteiger partial charge in [0.05, 0.1) is 0 Å². The van der Waals surface area contributed by atoms with Gasteiger partial charge in [-0.3, -0.25) is 0 Å². The number of rotatable bonds is 1. The van der Waals surface area contributed by atoms with Gasteiger partial charge in [0.15, 0.2) is 11.5 Å². The third-order valence-corrected chi connectivity index (χ3v) is 2.51. The lowest BCUT2D eigenvalue weighted by atomic mass is 9.99. The molecule has 0 unspecified atom stereocenters. The Morgan fingerprint density at radius 3 is 2.57 bits per heavy atom. The lowest BCUT2D eigenvalue weighted by Gasteiger charge is -2.11. The van der Waals surface area contributed by atoms with Gasteiger partial charge in [-0.2, -0.15) is 0 Å². The molecule has 1 aliphatic heterocycles. The van der Waals surface area contributed by atoms with Crippen LogP contribution in [-0.4, -0.2) is 11.9 Å². The lowest BCUT2D eigenvalue weighted by Crippen LogP contribution is -1.95. The van der Waals surface area contributed by atoms with E-state index < -0.39 is 0 Å². The molecule has 0 aliphatic carbocycles. The van der Waals surface area contributed by atoms with Crippen LogP contribution in [0.1, 0.15) is 30.9 Å². The average Bonchev–Trinajstić information content (AvgIpc) is 2.59. The van der Waals surface area contributed by atoms with E-state index in [2.05, 4.69) is 13.8 Å². The minimum absolute atomic E-state index is 0.249. The van der Waals surface area contributed by atoms with Crippen LogP contribution in [0.2, 0.25) is 0 Å². The summed E-state index contributed by atoms with van der Waals surface area (Å²) in [6.07, 6.45) is 0. The van der Waals surface area contributed by atoms with Crippen LogP contribution >= 0.6 is 0 Å². The van der Waals surface area contributed by atoms with Crippen molar-refractivity contribution in [3.8, 4) is 17.2 Å². The first-order valence-corrected chi connectivity index (χ1v) is 4.73. The Hall–Kier alpha value is -1.38. The van der Waals surface area contributed by atoms with Crippen molar-refractivity contribution in [2.45, 2.75) is 26.7 Å². The molecule has 76 valence electrons. The van der Waals surface area contributed by atoms with Crippen LogP contribution in [0.5, 0.6) is 17.2 Å². The van der Waals surface area contributed by atoms with E-state index >= 15 is 0 Å². The number of ether oxygens (including phenoxy) is 2. The molecule has 14 heavy (non-hydrogen) atoms. The minimum atomic E-state index is 0.249. The summed E-state index contributed by atoms with van der Waals surface area (Å²) in [6.45, 7) is 6.20. The topological polar surface area (TPSA) is 38.7 Å². The molecule has 0 fully saturated rings.